The molecular formula is C32H38N4. The van der Waals surface area contributed by atoms with Crippen molar-refractivity contribution in [2.75, 3.05) is 23.7 Å². The molecule has 0 fully saturated rings. The number of hydrogen-bond donors (Lipinski definition) is 2. The lowest BCUT2D eigenvalue weighted by Gasteiger charge is -2.23. The number of aromatic nitrogens is 2. The van der Waals surface area contributed by atoms with E-state index in [1.807, 2.05) is 0 Å². The highest BCUT2D eigenvalue weighted by molar-refractivity contribution is 5.95. The molecule has 0 spiro atoms. The van der Waals surface area contributed by atoms with Gasteiger partial charge in [-0.05, 0) is 113 Å². The average molecular weight is 479 g/mol. The Kier molecular flexibility index (Phi) is 6.52. The van der Waals surface area contributed by atoms with Crippen molar-refractivity contribution in [3.05, 3.63) is 70.0 Å². The summed E-state index contributed by atoms with van der Waals surface area (Å²) >= 11 is 0. The number of anilines is 2. The number of rotatable bonds is 7. The van der Waals surface area contributed by atoms with Gasteiger partial charge in [-0.3, -0.25) is 9.97 Å². The molecule has 2 heterocycles. The first-order chi connectivity index (χ1) is 17.7. The largest absolute Gasteiger partial charge is 0.384 e. The van der Waals surface area contributed by atoms with Crippen LogP contribution in [-0.2, 0) is 25.7 Å². The highest BCUT2D eigenvalue weighted by Gasteiger charge is 2.19. The van der Waals surface area contributed by atoms with Crippen LogP contribution in [0.5, 0.6) is 0 Å². The van der Waals surface area contributed by atoms with Crippen LogP contribution in [-0.4, -0.2) is 23.1 Å². The molecule has 2 aliphatic rings. The standard InChI is InChI=1S/C32H38N4/c1-21-13-15-29-25(19-21)31(23-9-3-5-11-27(23)35-29)33-17-7-8-18-34-32-24-10-4-6-12-28(24)36-30-16-14-22(2)20-26(30)32/h13-16,19-20H,3-12,17-18H2,1-2H3,(H,33,35)(H,34,36). The summed E-state index contributed by atoms with van der Waals surface area (Å²) in [6.07, 6.45) is 11.9. The summed E-state index contributed by atoms with van der Waals surface area (Å²) < 4.78 is 0. The fraction of sp³-hybridized carbons (Fsp3) is 0.438. The van der Waals surface area contributed by atoms with Gasteiger partial charge in [-0.2, -0.15) is 0 Å². The Morgan fingerprint density at radius 1 is 0.611 bits per heavy atom. The van der Waals surface area contributed by atoms with E-state index in [0.29, 0.717) is 0 Å². The van der Waals surface area contributed by atoms with E-state index in [-0.39, 0.29) is 0 Å². The van der Waals surface area contributed by atoms with Crippen LogP contribution in [0.2, 0.25) is 0 Å². The molecule has 0 unspecified atom stereocenters. The predicted molar refractivity (Wildman–Crippen MR) is 152 cm³/mol. The summed E-state index contributed by atoms with van der Waals surface area (Å²) in [5.74, 6) is 0. The van der Waals surface area contributed by atoms with Gasteiger partial charge in [0.05, 0.1) is 11.0 Å². The van der Waals surface area contributed by atoms with Crippen LogP contribution in [0.15, 0.2) is 36.4 Å². The van der Waals surface area contributed by atoms with Gasteiger partial charge in [0.2, 0.25) is 0 Å². The van der Waals surface area contributed by atoms with Crippen LogP contribution >= 0.6 is 0 Å². The summed E-state index contributed by atoms with van der Waals surface area (Å²) in [6, 6.07) is 13.4. The molecule has 0 radical (unpaired) electrons. The number of pyridine rings is 2. The molecule has 2 aromatic carbocycles. The second-order valence-corrected chi connectivity index (χ2v) is 10.8. The molecule has 4 heteroatoms. The highest BCUT2D eigenvalue weighted by Crippen LogP contribution is 2.35. The molecule has 0 atom stereocenters. The third kappa shape index (κ3) is 4.54. The molecule has 6 rings (SSSR count). The maximum absolute atomic E-state index is 5.02. The second-order valence-electron chi connectivity index (χ2n) is 10.8. The predicted octanol–water partition coefficient (Wildman–Crippen LogP) is 7.46. The smallest absolute Gasteiger partial charge is 0.0726 e. The van der Waals surface area contributed by atoms with Gasteiger partial charge in [-0.15, -0.1) is 0 Å². The number of fused-ring (bicyclic) bond motifs is 4. The zero-order valence-electron chi connectivity index (χ0n) is 21.8. The van der Waals surface area contributed by atoms with Crippen molar-refractivity contribution in [1.82, 2.24) is 9.97 Å². The Morgan fingerprint density at radius 2 is 1.06 bits per heavy atom. The van der Waals surface area contributed by atoms with E-state index in [1.54, 1.807) is 0 Å². The first-order valence-corrected chi connectivity index (χ1v) is 14.0. The zero-order valence-corrected chi connectivity index (χ0v) is 21.8. The molecule has 0 saturated carbocycles. The van der Waals surface area contributed by atoms with Crippen LogP contribution in [0.1, 0.15) is 72.2 Å². The van der Waals surface area contributed by atoms with Crippen LogP contribution in [0.3, 0.4) is 0 Å². The molecular weight excluding hydrogens is 440 g/mol. The van der Waals surface area contributed by atoms with Gasteiger partial charge in [0.25, 0.3) is 0 Å². The van der Waals surface area contributed by atoms with Crippen molar-refractivity contribution in [1.29, 1.82) is 0 Å². The zero-order chi connectivity index (χ0) is 24.5. The topological polar surface area (TPSA) is 49.8 Å². The number of benzene rings is 2. The van der Waals surface area contributed by atoms with Gasteiger partial charge in [0.15, 0.2) is 0 Å². The maximum Gasteiger partial charge on any atom is 0.0726 e. The van der Waals surface area contributed by atoms with Gasteiger partial charge >= 0.3 is 0 Å². The van der Waals surface area contributed by atoms with Gasteiger partial charge in [0.1, 0.15) is 0 Å². The molecule has 2 aromatic heterocycles. The molecule has 4 nitrogen and oxygen atoms in total. The lowest BCUT2D eigenvalue weighted by atomic mass is 9.92. The second kappa shape index (κ2) is 10.1. The first kappa shape index (κ1) is 23.3. The monoisotopic (exact) mass is 478 g/mol. The fourth-order valence-corrected chi connectivity index (χ4v) is 6.16. The maximum atomic E-state index is 5.02. The molecule has 4 aromatic rings. The molecule has 0 bridgehead atoms. The Labute approximate surface area is 214 Å². The minimum Gasteiger partial charge on any atom is -0.384 e. The van der Waals surface area contributed by atoms with E-state index in [4.69, 9.17) is 9.97 Å². The van der Waals surface area contributed by atoms with E-state index in [1.165, 1.54) is 81.5 Å². The SMILES string of the molecule is Cc1ccc2nc3c(c(NCCCCNc4c5c(nc6ccc(C)cc46)CCCC5)c2c1)CCCC3. The summed E-state index contributed by atoms with van der Waals surface area (Å²) in [6.45, 7) is 6.35. The molecule has 0 amide bonds. The van der Waals surface area contributed by atoms with Crippen molar-refractivity contribution < 1.29 is 0 Å². The van der Waals surface area contributed by atoms with Gasteiger partial charge in [-0.1, -0.05) is 23.3 Å². The van der Waals surface area contributed by atoms with E-state index < -0.39 is 0 Å². The van der Waals surface area contributed by atoms with Crippen molar-refractivity contribution in [3.63, 3.8) is 0 Å². The van der Waals surface area contributed by atoms with Crippen molar-refractivity contribution in [2.45, 2.75) is 78.1 Å². The minimum absolute atomic E-state index is 0.996. The van der Waals surface area contributed by atoms with Crippen LogP contribution in [0.4, 0.5) is 11.4 Å². The van der Waals surface area contributed by atoms with Gasteiger partial charge < -0.3 is 10.6 Å². The summed E-state index contributed by atoms with van der Waals surface area (Å²) in [4.78, 5) is 10.0. The summed E-state index contributed by atoms with van der Waals surface area (Å²) in [7, 11) is 0. The Hall–Kier alpha value is -3.14. The highest BCUT2D eigenvalue weighted by atomic mass is 14.9. The number of unbranched alkanes of at least 4 members (excludes halogenated alkanes) is 1. The minimum atomic E-state index is 0.996. The molecule has 2 aliphatic carbocycles. The van der Waals surface area contributed by atoms with E-state index in [9.17, 15) is 0 Å². The first-order valence-electron chi connectivity index (χ1n) is 14.0. The summed E-state index contributed by atoms with van der Waals surface area (Å²) in [5, 5.41) is 10.3. The number of nitrogens with zero attached hydrogens (tertiary/aromatic N) is 2. The van der Waals surface area contributed by atoms with Crippen molar-refractivity contribution in [3.8, 4) is 0 Å². The lowest BCUT2D eigenvalue weighted by molar-refractivity contribution is 0.670. The third-order valence-electron chi connectivity index (χ3n) is 8.04. The number of aryl methyl sites for hydroxylation is 4. The molecule has 186 valence electrons. The van der Waals surface area contributed by atoms with Crippen LogP contribution in [0.25, 0.3) is 21.8 Å². The average Bonchev–Trinajstić information content (AvgIpc) is 2.90. The fourth-order valence-electron chi connectivity index (χ4n) is 6.16. The molecule has 2 N–H and O–H groups in total. The Bertz CT molecular complexity index is 1310. The Morgan fingerprint density at radius 3 is 1.53 bits per heavy atom. The van der Waals surface area contributed by atoms with Crippen LogP contribution < -0.4 is 10.6 Å². The van der Waals surface area contributed by atoms with E-state index >= 15 is 0 Å². The van der Waals surface area contributed by atoms with Crippen molar-refractivity contribution in [2.24, 2.45) is 0 Å². The lowest BCUT2D eigenvalue weighted by Crippen LogP contribution is -2.14. The van der Waals surface area contributed by atoms with E-state index in [0.717, 1.165) is 62.6 Å². The number of hydrogen-bond acceptors (Lipinski definition) is 4. The van der Waals surface area contributed by atoms with E-state index in [2.05, 4.69) is 60.9 Å². The van der Waals surface area contributed by atoms with Crippen LogP contribution in [0, 0.1) is 13.8 Å². The third-order valence-corrected chi connectivity index (χ3v) is 8.04. The molecule has 36 heavy (non-hydrogen) atoms. The van der Waals surface area contributed by atoms with Gasteiger partial charge in [-0.25, -0.2) is 0 Å². The molecule has 0 saturated heterocycles. The number of nitrogens with one attached hydrogen (secondary N) is 2. The summed E-state index contributed by atoms with van der Waals surface area (Å²) in [5.41, 5.74) is 13.1. The Balaban J connectivity index is 1.15. The molecule has 0 aliphatic heterocycles. The van der Waals surface area contributed by atoms with Crippen molar-refractivity contribution >= 4 is 33.2 Å². The normalized spacial score (nSPS) is 15.1. The quantitative estimate of drug-likeness (QED) is 0.271. The van der Waals surface area contributed by atoms with Gasteiger partial charge in [0, 0.05) is 46.6 Å².